The number of methoxy groups -OCH3 is 1. The third kappa shape index (κ3) is 4.86. The van der Waals surface area contributed by atoms with Crippen molar-refractivity contribution < 1.29 is 14.3 Å². The van der Waals surface area contributed by atoms with Crippen LogP contribution in [-0.4, -0.2) is 29.4 Å². The van der Waals surface area contributed by atoms with E-state index in [1.807, 2.05) is 24.3 Å². The van der Waals surface area contributed by atoms with Crippen LogP contribution in [0.1, 0.15) is 5.56 Å². The highest BCUT2D eigenvalue weighted by atomic mass is 79.9. The zero-order valence-electron chi connectivity index (χ0n) is 14.2. The SMILES string of the molecule is COc1ccc(OCC(=O)Nc2ccnn2Cc2ccc(Br)cc2)cc1. The summed E-state index contributed by atoms with van der Waals surface area (Å²) in [6.45, 7) is 0.477. The summed E-state index contributed by atoms with van der Waals surface area (Å²) in [6, 6.07) is 16.8. The maximum absolute atomic E-state index is 12.1. The summed E-state index contributed by atoms with van der Waals surface area (Å²) in [6.07, 6.45) is 1.65. The van der Waals surface area contributed by atoms with Gasteiger partial charge in [-0.3, -0.25) is 4.79 Å². The minimum absolute atomic E-state index is 0.0875. The van der Waals surface area contributed by atoms with Gasteiger partial charge in [-0.15, -0.1) is 0 Å². The lowest BCUT2D eigenvalue weighted by Crippen LogP contribution is -2.22. The van der Waals surface area contributed by atoms with E-state index >= 15 is 0 Å². The normalized spacial score (nSPS) is 10.4. The van der Waals surface area contributed by atoms with Gasteiger partial charge in [0.2, 0.25) is 0 Å². The Bertz CT molecular complexity index is 860. The Morgan fingerprint density at radius 2 is 1.77 bits per heavy atom. The molecule has 1 amide bonds. The number of anilines is 1. The van der Waals surface area contributed by atoms with Gasteiger partial charge in [0.05, 0.1) is 19.9 Å². The van der Waals surface area contributed by atoms with Gasteiger partial charge >= 0.3 is 0 Å². The minimum Gasteiger partial charge on any atom is -0.497 e. The molecule has 3 aromatic rings. The second-order valence-electron chi connectivity index (χ2n) is 5.51. The predicted molar refractivity (Wildman–Crippen MR) is 103 cm³/mol. The second kappa shape index (κ2) is 8.53. The van der Waals surface area contributed by atoms with Crippen molar-refractivity contribution in [1.29, 1.82) is 0 Å². The Hall–Kier alpha value is -2.80. The number of benzene rings is 2. The molecule has 26 heavy (non-hydrogen) atoms. The van der Waals surface area contributed by atoms with E-state index in [4.69, 9.17) is 9.47 Å². The topological polar surface area (TPSA) is 65.4 Å². The van der Waals surface area contributed by atoms with E-state index < -0.39 is 0 Å². The van der Waals surface area contributed by atoms with E-state index in [0.717, 1.165) is 15.8 Å². The summed E-state index contributed by atoms with van der Waals surface area (Å²) in [5, 5.41) is 7.08. The summed E-state index contributed by atoms with van der Waals surface area (Å²) in [7, 11) is 1.60. The highest BCUT2D eigenvalue weighted by Gasteiger charge is 2.09. The molecule has 0 bridgehead atoms. The molecule has 0 saturated heterocycles. The van der Waals surface area contributed by atoms with Gasteiger partial charge in [-0.1, -0.05) is 28.1 Å². The monoisotopic (exact) mass is 415 g/mol. The van der Waals surface area contributed by atoms with Crippen LogP contribution in [0, 0.1) is 0 Å². The molecule has 0 radical (unpaired) electrons. The average Bonchev–Trinajstić information content (AvgIpc) is 3.09. The minimum atomic E-state index is -0.252. The highest BCUT2D eigenvalue weighted by Crippen LogP contribution is 2.17. The number of nitrogens with one attached hydrogen (secondary N) is 1. The summed E-state index contributed by atoms with van der Waals surface area (Å²) < 4.78 is 13.3. The van der Waals surface area contributed by atoms with Crippen molar-refractivity contribution in [2.45, 2.75) is 6.54 Å². The predicted octanol–water partition coefficient (Wildman–Crippen LogP) is 3.72. The number of halogens is 1. The maximum atomic E-state index is 12.1. The fourth-order valence-electron chi connectivity index (χ4n) is 2.33. The van der Waals surface area contributed by atoms with E-state index in [-0.39, 0.29) is 12.5 Å². The molecule has 0 fully saturated rings. The molecule has 7 heteroatoms. The summed E-state index contributed by atoms with van der Waals surface area (Å²) in [5.74, 6) is 1.71. The second-order valence-corrected chi connectivity index (χ2v) is 6.43. The standard InChI is InChI=1S/C19H18BrN3O3/c1-25-16-6-8-17(9-7-16)26-13-19(24)22-18-10-11-21-23(18)12-14-2-4-15(20)5-3-14/h2-11H,12-13H2,1H3,(H,22,24). The Kier molecular flexibility index (Phi) is 5.91. The maximum Gasteiger partial charge on any atom is 0.263 e. The lowest BCUT2D eigenvalue weighted by atomic mass is 10.2. The molecule has 0 spiro atoms. The number of carbonyl (C=O) groups excluding carboxylic acids is 1. The van der Waals surface area contributed by atoms with Gasteiger partial charge in [0.25, 0.3) is 5.91 Å². The first kappa shape index (κ1) is 18.0. The molecular formula is C19H18BrN3O3. The molecule has 0 aliphatic rings. The number of ether oxygens (including phenoxy) is 2. The molecular weight excluding hydrogens is 398 g/mol. The molecule has 1 aromatic heterocycles. The van der Waals surface area contributed by atoms with Crippen LogP contribution in [0.3, 0.4) is 0 Å². The zero-order valence-corrected chi connectivity index (χ0v) is 15.8. The van der Waals surface area contributed by atoms with E-state index in [0.29, 0.717) is 18.1 Å². The number of carbonyl (C=O) groups is 1. The lowest BCUT2D eigenvalue weighted by Gasteiger charge is -2.10. The molecule has 6 nitrogen and oxygen atoms in total. The lowest BCUT2D eigenvalue weighted by molar-refractivity contribution is -0.118. The zero-order chi connectivity index (χ0) is 18.4. The van der Waals surface area contributed by atoms with Crippen molar-refractivity contribution in [1.82, 2.24) is 9.78 Å². The molecule has 2 aromatic carbocycles. The van der Waals surface area contributed by atoms with Gasteiger partial charge in [-0.25, -0.2) is 4.68 Å². The molecule has 0 atom stereocenters. The number of rotatable bonds is 7. The summed E-state index contributed by atoms with van der Waals surface area (Å²) in [5.41, 5.74) is 1.09. The molecule has 134 valence electrons. The van der Waals surface area contributed by atoms with Crippen LogP contribution in [0.15, 0.2) is 65.3 Å². The molecule has 0 aliphatic carbocycles. The number of amides is 1. The number of aromatic nitrogens is 2. The number of hydrogen-bond acceptors (Lipinski definition) is 4. The van der Waals surface area contributed by atoms with Gasteiger partial charge in [0.1, 0.15) is 17.3 Å². The molecule has 0 unspecified atom stereocenters. The first-order chi connectivity index (χ1) is 12.6. The summed E-state index contributed by atoms with van der Waals surface area (Å²) >= 11 is 3.41. The molecule has 1 heterocycles. The van der Waals surface area contributed by atoms with Crippen LogP contribution in [0.5, 0.6) is 11.5 Å². The van der Waals surface area contributed by atoms with Crippen LogP contribution in [0.25, 0.3) is 0 Å². The van der Waals surface area contributed by atoms with E-state index in [1.165, 1.54) is 0 Å². The van der Waals surface area contributed by atoms with Crippen molar-refractivity contribution >= 4 is 27.7 Å². The summed E-state index contributed by atoms with van der Waals surface area (Å²) in [4.78, 5) is 12.1. The first-order valence-electron chi connectivity index (χ1n) is 7.97. The Labute approximate surface area is 159 Å². The molecule has 0 aliphatic heterocycles. The van der Waals surface area contributed by atoms with Crippen molar-refractivity contribution in [2.24, 2.45) is 0 Å². The Morgan fingerprint density at radius 3 is 2.46 bits per heavy atom. The molecule has 0 saturated carbocycles. The quantitative estimate of drug-likeness (QED) is 0.638. The number of hydrogen-bond donors (Lipinski definition) is 1. The number of nitrogens with zero attached hydrogens (tertiary/aromatic N) is 2. The third-order valence-electron chi connectivity index (χ3n) is 3.66. The Balaban J connectivity index is 1.56. The average molecular weight is 416 g/mol. The van der Waals surface area contributed by atoms with Crippen molar-refractivity contribution in [3.05, 3.63) is 70.8 Å². The highest BCUT2D eigenvalue weighted by molar-refractivity contribution is 9.10. The van der Waals surface area contributed by atoms with Gasteiger partial charge in [0, 0.05) is 10.5 Å². The fourth-order valence-corrected chi connectivity index (χ4v) is 2.59. The van der Waals surface area contributed by atoms with Crippen molar-refractivity contribution in [3.63, 3.8) is 0 Å². The van der Waals surface area contributed by atoms with E-state index in [1.54, 1.807) is 48.3 Å². The van der Waals surface area contributed by atoms with E-state index in [9.17, 15) is 4.79 Å². The Morgan fingerprint density at radius 1 is 1.08 bits per heavy atom. The fraction of sp³-hybridized carbons (Fsp3) is 0.158. The van der Waals surface area contributed by atoms with Gasteiger partial charge < -0.3 is 14.8 Å². The van der Waals surface area contributed by atoms with Gasteiger partial charge in [-0.05, 0) is 42.0 Å². The van der Waals surface area contributed by atoms with Crippen LogP contribution in [0.2, 0.25) is 0 Å². The molecule has 1 N–H and O–H groups in total. The third-order valence-corrected chi connectivity index (χ3v) is 4.19. The van der Waals surface area contributed by atoms with Crippen LogP contribution in [0.4, 0.5) is 5.82 Å². The van der Waals surface area contributed by atoms with Crippen LogP contribution >= 0.6 is 15.9 Å². The van der Waals surface area contributed by atoms with Gasteiger partial charge in [0.15, 0.2) is 6.61 Å². The van der Waals surface area contributed by atoms with Crippen molar-refractivity contribution in [2.75, 3.05) is 19.0 Å². The smallest absolute Gasteiger partial charge is 0.263 e. The molecule has 3 rings (SSSR count). The first-order valence-corrected chi connectivity index (χ1v) is 8.76. The van der Waals surface area contributed by atoms with Crippen LogP contribution in [-0.2, 0) is 11.3 Å². The van der Waals surface area contributed by atoms with Crippen molar-refractivity contribution in [3.8, 4) is 11.5 Å². The van der Waals surface area contributed by atoms with Crippen LogP contribution < -0.4 is 14.8 Å². The van der Waals surface area contributed by atoms with Gasteiger partial charge in [-0.2, -0.15) is 5.10 Å². The van der Waals surface area contributed by atoms with E-state index in [2.05, 4.69) is 26.3 Å². The largest absolute Gasteiger partial charge is 0.497 e.